The topological polar surface area (TPSA) is 44.4 Å². The molecule has 2 saturated carbocycles. The van der Waals surface area contributed by atoms with Crippen molar-refractivity contribution in [2.45, 2.75) is 75.5 Å². The number of halogens is 2. The van der Waals surface area contributed by atoms with Gasteiger partial charge < -0.3 is 10.6 Å². The molecule has 0 bridgehead atoms. The molecule has 128 valence electrons. The van der Waals surface area contributed by atoms with Crippen molar-refractivity contribution in [3.63, 3.8) is 0 Å². The van der Waals surface area contributed by atoms with E-state index in [9.17, 15) is 4.79 Å². The second-order valence-electron chi connectivity index (χ2n) is 7.33. The molecule has 4 atom stereocenters. The van der Waals surface area contributed by atoms with Crippen LogP contribution < -0.4 is 10.6 Å². The van der Waals surface area contributed by atoms with Gasteiger partial charge in [0.15, 0.2) is 0 Å². The highest BCUT2D eigenvalue weighted by molar-refractivity contribution is 5.85. The van der Waals surface area contributed by atoms with Crippen molar-refractivity contribution in [3.8, 4) is 0 Å². The van der Waals surface area contributed by atoms with Crippen molar-refractivity contribution < 1.29 is 4.79 Å². The van der Waals surface area contributed by atoms with Gasteiger partial charge >= 0.3 is 0 Å². The number of carbonyl (C=O) groups excluding carboxylic acids is 1. The van der Waals surface area contributed by atoms with Crippen LogP contribution in [0.1, 0.15) is 51.4 Å². The van der Waals surface area contributed by atoms with Crippen LogP contribution in [0, 0.1) is 5.92 Å². The van der Waals surface area contributed by atoms with Crippen LogP contribution >= 0.6 is 24.8 Å². The lowest BCUT2D eigenvalue weighted by atomic mass is 9.85. The van der Waals surface area contributed by atoms with Crippen LogP contribution in [-0.2, 0) is 4.79 Å². The van der Waals surface area contributed by atoms with Gasteiger partial charge in [-0.3, -0.25) is 9.69 Å². The standard InChI is InChI=1S/C16H27N3O.2ClH/c20-16(15-9-11-3-1-2-4-14(11)18-15)17-12-7-8-19(10-12)13-5-6-13;;/h11-15,18H,1-10H2,(H,17,20);2*1H. The van der Waals surface area contributed by atoms with Gasteiger partial charge in [-0.25, -0.2) is 0 Å². The monoisotopic (exact) mass is 349 g/mol. The van der Waals surface area contributed by atoms with Crippen LogP contribution in [0.3, 0.4) is 0 Å². The average Bonchev–Trinajstić information content (AvgIpc) is 3.04. The first kappa shape index (κ1) is 18.3. The highest BCUT2D eigenvalue weighted by atomic mass is 35.5. The number of nitrogens with one attached hydrogen (secondary N) is 2. The van der Waals surface area contributed by atoms with Gasteiger partial charge in [0, 0.05) is 31.2 Å². The molecule has 0 spiro atoms. The van der Waals surface area contributed by atoms with Crippen LogP contribution in [0.4, 0.5) is 0 Å². The molecule has 1 amide bonds. The molecule has 2 saturated heterocycles. The molecule has 0 aromatic rings. The van der Waals surface area contributed by atoms with Gasteiger partial charge in [-0.2, -0.15) is 0 Å². The number of amides is 1. The van der Waals surface area contributed by atoms with Crippen molar-refractivity contribution in [1.29, 1.82) is 0 Å². The van der Waals surface area contributed by atoms with Crippen molar-refractivity contribution in [2.24, 2.45) is 5.92 Å². The molecule has 2 aliphatic heterocycles. The minimum atomic E-state index is 0. The summed E-state index contributed by atoms with van der Waals surface area (Å²) < 4.78 is 0. The molecular weight excluding hydrogens is 321 g/mol. The van der Waals surface area contributed by atoms with E-state index >= 15 is 0 Å². The molecule has 4 aliphatic rings. The van der Waals surface area contributed by atoms with E-state index in [1.165, 1.54) is 45.1 Å². The highest BCUT2D eigenvalue weighted by Gasteiger charge is 2.40. The normalized spacial score (nSPS) is 37.8. The molecule has 22 heavy (non-hydrogen) atoms. The second-order valence-corrected chi connectivity index (χ2v) is 7.33. The number of nitrogens with zero attached hydrogens (tertiary/aromatic N) is 1. The van der Waals surface area contributed by atoms with Gasteiger partial charge in [-0.15, -0.1) is 24.8 Å². The Morgan fingerprint density at radius 1 is 1.05 bits per heavy atom. The maximum absolute atomic E-state index is 12.4. The number of carbonyl (C=O) groups is 1. The maximum Gasteiger partial charge on any atom is 0.237 e. The van der Waals surface area contributed by atoms with Crippen LogP contribution in [0.15, 0.2) is 0 Å². The summed E-state index contributed by atoms with van der Waals surface area (Å²) >= 11 is 0. The first-order valence-electron chi connectivity index (χ1n) is 8.60. The SMILES string of the molecule is Cl.Cl.O=C(NC1CCN(C2CC2)C1)C1CC2CCCCC2N1. The first-order valence-corrected chi connectivity index (χ1v) is 8.60. The van der Waals surface area contributed by atoms with E-state index in [1.807, 2.05) is 0 Å². The third kappa shape index (κ3) is 3.89. The predicted molar refractivity (Wildman–Crippen MR) is 92.9 cm³/mol. The average molecular weight is 350 g/mol. The summed E-state index contributed by atoms with van der Waals surface area (Å²) in [4.78, 5) is 15.0. The number of hydrogen-bond donors (Lipinski definition) is 2. The van der Waals surface area contributed by atoms with Crippen molar-refractivity contribution in [2.75, 3.05) is 13.1 Å². The zero-order valence-corrected chi connectivity index (χ0v) is 14.8. The van der Waals surface area contributed by atoms with Crippen LogP contribution in [0.25, 0.3) is 0 Å². The summed E-state index contributed by atoms with van der Waals surface area (Å²) in [7, 11) is 0. The van der Waals surface area contributed by atoms with E-state index in [1.54, 1.807) is 0 Å². The van der Waals surface area contributed by atoms with E-state index in [2.05, 4.69) is 15.5 Å². The molecule has 4 rings (SSSR count). The molecule has 2 N–H and O–H groups in total. The lowest BCUT2D eigenvalue weighted by Crippen LogP contribution is -2.47. The number of fused-ring (bicyclic) bond motifs is 1. The summed E-state index contributed by atoms with van der Waals surface area (Å²) in [5.74, 6) is 1.02. The first-order chi connectivity index (χ1) is 9.79. The van der Waals surface area contributed by atoms with Gasteiger partial charge in [0.25, 0.3) is 0 Å². The fourth-order valence-corrected chi connectivity index (χ4v) is 4.50. The zero-order valence-electron chi connectivity index (χ0n) is 13.1. The summed E-state index contributed by atoms with van der Waals surface area (Å²) in [5.41, 5.74) is 0. The molecule has 0 aromatic heterocycles. The minimum absolute atomic E-state index is 0. The Morgan fingerprint density at radius 3 is 2.55 bits per heavy atom. The Morgan fingerprint density at radius 2 is 1.82 bits per heavy atom. The van der Waals surface area contributed by atoms with Crippen LogP contribution in [0.5, 0.6) is 0 Å². The van der Waals surface area contributed by atoms with Crippen molar-refractivity contribution >= 4 is 30.7 Å². The summed E-state index contributed by atoms with van der Waals surface area (Å²) in [5, 5.41) is 6.89. The molecule has 4 fully saturated rings. The number of hydrogen-bond acceptors (Lipinski definition) is 3. The fourth-order valence-electron chi connectivity index (χ4n) is 4.50. The van der Waals surface area contributed by atoms with Gasteiger partial charge in [-0.05, 0) is 44.4 Å². The molecular formula is C16H29Cl2N3O. The lowest BCUT2D eigenvalue weighted by molar-refractivity contribution is -0.123. The summed E-state index contributed by atoms with van der Waals surface area (Å²) in [6, 6.07) is 1.93. The molecule has 4 unspecified atom stereocenters. The van der Waals surface area contributed by atoms with Gasteiger partial charge in [-0.1, -0.05) is 12.8 Å². The Balaban J connectivity index is 0.000000882. The summed E-state index contributed by atoms with van der Waals surface area (Å²) in [6.07, 6.45) is 10.2. The largest absolute Gasteiger partial charge is 0.351 e. The van der Waals surface area contributed by atoms with E-state index in [0.717, 1.165) is 31.3 Å². The van der Waals surface area contributed by atoms with E-state index in [4.69, 9.17) is 0 Å². The Bertz CT molecular complexity index is 378. The van der Waals surface area contributed by atoms with E-state index < -0.39 is 0 Å². The Kier molecular flexibility index (Phi) is 6.40. The van der Waals surface area contributed by atoms with Crippen LogP contribution in [-0.4, -0.2) is 48.1 Å². The minimum Gasteiger partial charge on any atom is -0.351 e. The fraction of sp³-hybridized carbons (Fsp3) is 0.938. The third-order valence-corrected chi connectivity index (χ3v) is 5.81. The second kappa shape index (κ2) is 7.69. The molecule has 0 aromatic carbocycles. The van der Waals surface area contributed by atoms with E-state index in [0.29, 0.717) is 12.1 Å². The van der Waals surface area contributed by atoms with Gasteiger partial charge in [0.1, 0.15) is 0 Å². The lowest BCUT2D eigenvalue weighted by Gasteiger charge is -2.24. The quantitative estimate of drug-likeness (QED) is 0.819. The smallest absolute Gasteiger partial charge is 0.237 e. The van der Waals surface area contributed by atoms with E-state index in [-0.39, 0.29) is 36.8 Å². The maximum atomic E-state index is 12.4. The Labute approximate surface area is 146 Å². The Hall–Kier alpha value is -0.0300. The van der Waals surface area contributed by atoms with Crippen molar-refractivity contribution in [3.05, 3.63) is 0 Å². The van der Waals surface area contributed by atoms with Crippen molar-refractivity contribution in [1.82, 2.24) is 15.5 Å². The van der Waals surface area contributed by atoms with Gasteiger partial charge in [0.05, 0.1) is 6.04 Å². The third-order valence-electron chi connectivity index (χ3n) is 5.81. The van der Waals surface area contributed by atoms with Gasteiger partial charge in [0.2, 0.25) is 5.91 Å². The number of likely N-dealkylation sites (tertiary alicyclic amines) is 1. The molecule has 6 heteroatoms. The highest BCUT2D eigenvalue weighted by Crippen LogP contribution is 2.33. The van der Waals surface area contributed by atoms with Crippen LogP contribution in [0.2, 0.25) is 0 Å². The molecule has 0 radical (unpaired) electrons. The molecule has 2 heterocycles. The molecule has 2 aliphatic carbocycles. The number of rotatable bonds is 3. The predicted octanol–water partition coefficient (Wildman–Crippen LogP) is 2.10. The zero-order chi connectivity index (χ0) is 13.5. The summed E-state index contributed by atoms with van der Waals surface area (Å²) in [6.45, 7) is 2.26. The molecule has 4 nitrogen and oxygen atoms in total.